The van der Waals surface area contributed by atoms with Crippen LogP contribution in [-0.2, 0) is 70.5 Å². The highest BCUT2D eigenvalue weighted by Crippen LogP contribution is 2.55. The SMILES string of the molecule is C=C(Br)C[C@@H](CCC12CC3OC4C(OC5CCC(CC(=O)[C@H]([C@@H]6[C@@H](OC)[C@@H](C[C@@H](CO[Si](C)(C)C(C)(C)C)O[Si](C)(C)C(C)(C)C)O[C@H]6C[C@H]6O[C@@H](CCCO[Si](CC)(CC)CC)C[C@@H](C)C6=C)S(=O)(=O)c6ccccc6)OC5C4O1)C3O2)OC(=O)c1ccccc1. The monoisotopic (exact) mass is 1410 g/mol. The summed E-state index contributed by atoms with van der Waals surface area (Å²) in [6.07, 6.45) is -2.51. The number of carbonyl (C=O) groups is 2. The molecule has 8 aliphatic rings. The molecule has 0 saturated carbocycles. The summed E-state index contributed by atoms with van der Waals surface area (Å²) in [5.74, 6) is -2.91. The molecule has 0 radical (unpaired) electrons. The lowest BCUT2D eigenvalue weighted by Gasteiger charge is -2.47. The number of ether oxygens (including phenoxy) is 9. The van der Waals surface area contributed by atoms with E-state index in [0.717, 1.165) is 43.0 Å². The molecule has 516 valence electrons. The Morgan fingerprint density at radius 1 is 0.761 bits per heavy atom. The van der Waals surface area contributed by atoms with E-state index in [1.54, 1.807) is 61.7 Å². The molecule has 8 saturated heterocycles. The number of rotatable bonds is 31. The molecule has 8 heterocycles. The first-order valence-electron chi connectivity index (χ1n) is 34.5. The Morgan fingerprint density at radius 2 is 1.39 bits per heavy atom. The van der Waals surface area contributed by atoms with Gasteiger partial charge in [-0.25, -0.2) is 13.2 Å². The van der Waals surface area contributed by atoms with Crippen molar-refractivity contribution >= 4 is 62.5 Å². The van der Waals surface area contributed by atoms with E-state index >= 15 is 13.2 Å². The Kier molecular flexibility index (Phi) is 24.1. The second-order valence-electron chi connectivity index (χ2n) is 30.7. The molecule has 0 N–H and O–H groups in total. The van der Waals surface area contributed by atoms with Gasteiger partial charge in [-0.15, -0.1) is 0 Å². The van der Waals surface area contributed by atoms with Crippen molar-refractivity contribution in [3.8, 4) is 0 Å². The van der Waals surface area contributed by atoms with Crippen molar-refractivity contribution in [3.63, 3.8) is 0 Å². The summed E-state index contributed by atoms with van der Waals surface area (Å²) < 4.78 is 116. The molecule has 92 heavy (non-hydrogen) atoms. The predicted octanol–water partition coefficient (Wildman–Crippen LogP) is 14.8. The van der Waals surface area contributed by atoms with Crippen LogP contribution in [0.3, 0.4) is 0 Å². The lowest BCUT2D eigenvalue weighted by Crippen LogP contribution is -2.62. The van der Waals surface area contributed by atoms with Crippen LogP contribution in [0.2, 0.25) is 54.4 Å². The Balaban J connectivity index is 1.02. The van der Waals surface area contributed by atoms with Crippen LogP contribution in [-0.4, -0.2) is 168 Å². The minimum absolute atomic E-state index is 0.0331. The van der Waals surface area contributed by atoms with Crippen LogP contribution < -0.4 is 0 Å². The number of hydrogen-bond donors (Lipinski definition) is 0. The average Bonchev–Trinajstić information content (AvgIpc) is 1.54. The van der Waals surface area contributed by atoms with E-state index in [1.807, 2.05) is 6.07 Å². The Morgan fingerprint density at radius 3 is 2.02 bits per heavy atom. The molecular weight excluding hydrogens is 1300 g/mol. The summed E-state index contributed by atoms with van der Waals surface area (Å²) in [4.78, 5) is 29.6. The van der Waals surface area contributed by atoms with Crippen LogP contribution >= 0.6 is 15.9 Å². The lowest BCUT2D eigenvalue weighted by atomic mass is 9.81. The second-order valence-corrected chi connectivity index (χ2v) is 48.2. The van der Waals surface area contributed by atoms with Gasteiger partial charge in [-0.3, -0.25) is 4.79 Å². The third-order valence-electron chi connectivity index (χ3n) is 22.6. The molecule has 0 aromatic heterocycles. The van der Waals surface area contributed by atoms with Crippen molar-refractivity contribution < 1.29 is 73.9 Å². The average molecular weight is 1420 g/mol. The van der Waals surface area contributed by atoms with Gasteiger partial charge in [0.1, 0.15) is 41.9 Å². The first-order valence-corrected chi connectivity index (χ1v) is 45.2. The zero-order chi connectivity index (χ0) is 66.9. The van der Waals surface area contributed by atoms with Crippen LogP contribution in [0, 0.1) is 11.8 Å². The molecule has 8 fully saturated rings. The molecule has 2 aromatic rings. The summed E-state index contributed by atoms with van der Waals surface area (Å²) >= 11 is 3.51. The molecule has 8 aliphatic heterocycles. The van der Waals surface area contributed by atoms with Crippen LogP contribution in [0.1, 0.15) is 157 Å². The number of ketones is 1. The van der Waals surface area contributed by atoms with Gasteiger partial charge in [0.05, 0.1) is 72.0 Å². The molecule has 9 unspecified atom stereocenters. The topological polar surface area (TPSA) is 179 Å². The van der Waals surface area contributed by atoms with E-state index in [9.17, 15) is 4.79 Å². The van der Waals surface area contributed by atoms with Gasteiger partial charge in [-0.2, -0.15) is 0 Å². The van der Waals surface area contributed by atoms with E-state index in [4.69, 9.17) is 55.9 Å². The Labute approximate surface area is 562 Å². The minimum Gasteiger partial charge on any atom is -0.458 e. The van der Waals surface area contributed by atoms with Gasteiger partial charge in [0.2, 0.25) is 0 Å². The van der Waals surface area contributed by atoms with Crippen molar-refractivity contribution in [2.24, 2.45) is 11.8 Å². The van der Waals surface area contributed by atoms with Gasteiger partial charge in [-0.1, -0.05) is 135 Å². The van der Waals surface area contributed by atoms with Gasteiger partial charge < -0.3 is 55.9 Å². The van der Waals surface area contributed by atoms with Crippen molar-refractivity contribution in [1.82, 2.24) is 0 Å². The van der Waals surface area contributed by atoms with Crippen molar-refractivity contribution in [1.29, 1.82) is 0 Å². The molecule has 0 aliphatic carbocycles. The molecule has 21 heteroatoms. The summed E-state index contributed by atoms with van der Waals surface area (Å²) in [7, 11) is -9.42. The zero-order valence-electron chi connectivity index (χ0n) is 57.9. The fourth-order valence-corrected chi connectivity index (χ4v) is 22.3. The lowest BCUT2D eigenvalue weighted by molar-refractivity contribution is -0.292. The number of halogens is 1. The van der Waals surface area contributed by atoms with E-state index in [0.29, 0.717) is 68.2 Å². The highest BCUT2D eigenvalue weighted by atomic mass is 79.9. The van der Waals surface area contributed by atoms with Crippen LogP contribution in [0.25, 0.3) is 0 Å². The van der Waals surface area contributed by atoms with E-state index in [-0.39, 0.29) is 52.0 Å². The number of benzene rings is 2. The summed E-state index contributed by atoms with van der Waals surface area (Å²) in [6.45, 7) is 41.0. The number of Topliss-reactive ketones (excluding diaryl/α,β-unsaturated/α-hetero) is 1. The molecule has 6 bridgehead atoms. The molecule has 10 rings (SSSR count). The molecule has 19 atom stereocenters. The summed E-state index contributed by atoms with van der Waals surface area (Å²) in [6, 6.07) is 20.5. The third kappa shape index (κ3) is 16.5. The quantitative estimate of drug-likeness (QED) is 0.0301. The first-order chi connectivity index (χ1) is 43.3. The van der Waals surface area contributed by atoms with E-state index in [2.05, 4.69) is 125 Å². The smallest absolute Gasteiger partial charge is 0.338 e. The van der Waals surface area contributed by atoms with Gasteiger partial charge in [0.25, 0.3) is 0 Å². The zero-order valence-corrected chi connectivity index (χ0v) is 63.3. The van der Waals surface area contributed by atoms with E-state index < -0.39 is 137 Å². The van der Waals surface area contributed by atoms with Crippen molar-refractivity contribution in [2.45, 2.75) is 308 Å². The van der Waals surface area contributed by atoms with Gasteiger partial charge >= 0.3 is 5.97 Å². The van der Waals surface area contributed by atoms with Crippen LogP contribution in [0.15, 0.2) is 88.8 Å². The van der Waals surface area contributed by atoms with E-state index in [1.165, 1.54) is 0 Å². The minimum atomic E-state index is -4.48. The summed E-state index contributed by atoms with van der Waals surface area (Å²) in [5.41, 5.74) is 1.37. The van der Waals surface area contributed by atoms with Crippen LogP contribution in [0.4, 0.5) is 0 Å². The highest BCUT2D eigenvalue weighted by Gasteiger charge is 2.69. The number of hydrogen-bond acceptors (Lipinski definition) is 16. The fourth-order valence-electron chi connectivity index (χ4n) is 14.9. The molecule has 2 aromatic carbocycles. The maximum absolute atomic E-state index is 16.1. The number of esters is 1. The Hall–Kier alpha value is -2.30. The van der Waals surface area contributed by atoms with Gasteiger partial charge in [0.15, 0.2) is 46.4 Å². The number of fused-ring (bicyclic) bond motifs is 1. The second kappa shape index (κ2) is 30.0. The van der Waals surface area contributed by atoms with Crippen LogP contribution in [0.5, 0.6) is 0 Å². The maximum atomic E-state index is 16.1. The number of methoxy groups -OCH3 is 1. The number of carbonyl (C=O) groups excluding carboxylic acids is 2. The Bertz CT molecular complexity index is 2930. The molecule has 0 amide bonds. The first kappa shape index (κ1) is 73.9. The molecule has 16 nitrogen and oxygen atoms in total. The van der Waals surface area contributed by atoms with Crippen molar-refractivity contribution in [2.75, 3.05) is 20.3 Å². The number of sulfone groups is 1. The highest BCUT2D eigenvalue weighted by molar-refractivity contribution is 9.11. The van der Waals surface area contributed by atoms with Gasteiger partial charge in [-0.05, 0) is 133 Å². The third-order valence-corrected chi connectivity index (χ3v) is 38.8. The van der Waals surface area contributed by atoms with Crippen molar-refractivity contribution in [3.05, 3.63) is 89.4 Å². The normalized spacial score (nSPS) is 32.7. The largest absolute Gasteiger partial charge is 0.458 e. The fraction of sp³-hybridized carbons (Fsp3) is 0.746. The summed E-state index contributed by atoms with van der Waals surface area (Å²) in [5, 5.41) is -1.83. The predicted molar refractivity (Wildman–Crippen MR) is 368 cm³/mol. The molecule has 0 spiro atoms. The standard InChI is InChI=1S/C71H111BrO16SSi3/c1-18-92(19-2,20-3)78-37-27-30-49-38-45(4)47(6)56(80-49)42-57-60(61(77-13)58(83-57)41-52(88-91(16,17)70(10,11)12)44-79-90(14,15)69(7,8)9)67(89(75,76)53-31-25-22-26-32-53)54(73)40-50-33-34-55-62(81-50)66-65-64(84-55)63-59(85-65)43-71(86-63,87-66)36-35-51(39-46(5)72)82-68(74)48-28-23-21-24-29-48/h21-26,28-29,31-32,45,49-52,55-67H,5-6,18-20,27,30,33-44H2,1-4,7-17H3/t45-,49+,50?,51-,52+,55?,56-,57+,58-,59?,60+,61+,62?,63?,64?,65?,66?,67-,71?/m1/s1. The maximum Gasteiger partial charge on any atom is 0.338 e. The molecular formula is C71H111BrO16SSi3. The van der Waals surface area contributed by atoms with Gasteiger partial charge in [0, 0.05) is 58.2 Å².